The van der Waals surface area contributed by atoms with Crippen molar-refractivity contribution in [3.05, 3.63) is 35.9 Å². The first-order valence-electron chi connectivity index (χ1n) is 23.8. The number of ether oxygens (including phenoxy) is 1. The maximum absolute atomic E-state index is 12.7. The number of aliphatic hydroxyl groups excluding tert-OH is 1. The fourth-order valence-corrected chi connectivity index (χ4v) is 9.78. The van der Waals surface area contributed by atoms with Crippen LogP contribution in [-0.2, 0) is 25.0 Å². The van der Waals surface area contributed by atoms with E-state index in [1.54, 1.807) is 0 Å². The van der Waals surface area contributed by atoms with Gasteiger partial charge in [0, 0.05) is 13.1 Å². The summed E-state index contributed by atoms with van der Waals surface area (Å²) in [5.74, 6) is -0.530. The highest BCUT2D eigenvalue weighted by atomic mass is 28.4. The Morgan fingerprint density at radius 3 is 1.39 bits per heavy atom. The summed E-state index contributed by atoms with van der Waals surface area (Å²) in [5, 5.41) is 11.0. The van der Waals surface area contributed by atoms with Gasteiger partial charge in [-0.3, -0.25) is 4.90 Å². The number of aliphatic hydroxyl groups is 1. The summed E-state index contributed by atoms with van der Waals surface area (Å²) in [4.78, 5) is 15.3. The van der Waals surface area contributed by atoms with Crippen LogP contribution in [0.2, 0.25) is 36.3 Å². The number of hydrogen-bond acceptors (Lipinski definition) is 6. The molecule has 0 saturated heterocycles. The Bertz CT molecular complexity index is 1080. The zero-order valence-electron chi connectivity index (χ0n) is 39.8. The lowest BCUT2D eigenvalue weighted by atomic mass is 10.0. The van der Waals surface area contributed by atoms with Crippen LogP contribution in [0, 0.1) is 0 Å². The molecule has 1 aromatic rings. The number of carbonyl (C=O) groups is 1. The Morgan fingerprint density at radius 1 is 0.596 bits per heavy atom. The maximum atomic E-state index is 12.7. The summed E-state index contributed by atoms with van der Waals surface area (Å²) >= 11 is 0. The van der Waals surface area contributed by atoms with Crippen molar-refractivity contribution in [1.82, 2.24) is 4.90 Å². The van der Waals surface area contributed by atoms with Crippen molar-refractivity contribution in [2.24, 2.45) is 0 Å². The number of carbonyl (C=O) groups excluding carboxylic acids is 1. The first-order chi connectivity index (χ1) is 26.8. The van der Waals surface area contributed by atoms with E-state index in [0.29, 0.717) is 6.42 Å². The van der Waals surface area contributed by atoms with Gasteiger partial charge >= 0.3 is 5.97 Å². The van der Waals surface area contributed by atoms with E-state index in [1.807, 2.05) is 30.3 Å². The standard InChI is InChI=1S/C49H95NO5Si2/c1-13-15-17-19-21-23-25-30-36-44(54-56(9,10)48(3,4)5)40-50(39-33-32-38-46(51)47(52)53-42-43-34-28-27-29-35-43)41-45(55-57(11,12)49(6,7)8)37-31-26-24-22-20-18-16-14-2/h27-29,34-35,44-46,51H,13-26,30-33,36-42H2,1-12H3. The van der Waals surface area contributed by atoms with E-state index in [-0.39, 0.29) is 28.9 Å². The van der Waals surface area contributed by atoms with E-state index in [9.17, 15) is 9.90 Å². The summed E-state index contributed by atoms with van der Waals surface area (Å²) in [5.41, 5.74) is 0.927. The SMILES string of the molecule is CCCCCCCCCCC(CN(CCCCC(O)C(=O)OCc1ccccc1)CC(CCCCCCCCCC)O[Si](C)(C)C(C)(C)C)O[Si](C)(C)C(C)(C)C. The largest absolute Gasteiger partial charge is 0.459 e. The Labute approximate surface area is 356 Å². The average molecular weight is 834 g/mol. The van der Waals surface area contributed by atoms with Gasteiger partial charge in [-0.1, -0.05) is 188 Å². The van der Waals surface area contributed by atoms with Crippen LogP contribution in [-0.4, -0.2) is 70.6 Å². The second-order valence-electron chi connectivity index (χ2n) is 20.4. The zero-order valence-corrected chi connectivity index (χ0v) is 41.8. The number of unbranched alkanes of at least 4 members (excludes halogenated alkanes) is 15. The molecule has 0 aliphatic carbocycles. The van der Waals surface area contributed by atoms with Crippen LogP contribution in [0.15, 0.2) is 30.3 Å². The van der Waals surface area contributed by atoms with Gasteiger partial charge in [0.05, 0.1) is 12.2 Å². The average Bonchev–Trinajstić information content (AvgIpc) is 3.13. The highest BCUT2D eigenvalue weighted by molar-refractivity contribution is 6.74. The van der Waals surface area contributed by atoms with Gasteiger partial charge in [0.1, 0.15) is 6.61 Å². The molecule has 0 aliphatic heterocycles. The van der Waals surface area contributed by atoms with Crippen molar-refractivity contribution in [3.63, 3.8) is 0 Å². The van der Waals surface area contributed by atoms with Crippen LogP contribution in [0.3, 0.4) is 0 Å². The Hall–Kier alpha value is -1.04. The highest BCUT2D eigenvalue weighted by Crippen LogP contribution is 2.39. The van der Waals surface area contributed by atoms with Crippen molar-refractivity contribution in [3.8, 4) is 0 Å². The highest BCUT2D eigenvalue weighted by Gasteiger charge is 2.41. The molecule has 334 valence electrons. The van der Waals surface area contributed by atoms with E-state index in [2.05, 4.69) is 86.5 Å². The molecule has 0 spiro atoms. The summed E-state index contributed by atoms with van der Waals surface area (Å²) in [6.07, 6.45) is 24.6. The molecule has 0 aliphatic rings. The molecule has 1 N–H and O–H groups in total. The van der Waals surface area contributed by atoms with Crippen molar-refractivity contribution < 1.29 is 23.5 Å². The monoisotopic (exact) mass is 834 g/mol. The van der Waals surface area contributed by atoms with Gasteiger partial charge in [-0.2, -0.15) is 0 Å². The van der Waals surface area contributed by atoms with E-state index in [4.69, 9.17) is 13.6 Å². The third-order valence-corrected chi connectivity index (χ3v) is 22.0. The third kappa shape index (κ3) is 24.7. The number of hydrogen-bond donors (Lipinski definition) is 1. The van der Waals surface area contributed by atoms with E-state index < -0.39 is 28.7 Å². The third-order valence-electron chi connectivity index (χ3n) is 12.9. The molecule has 8 heteroatoms. The predicted molar refractivity (Wildman–Crippen MR) is 251 cm³/mol. The van der Waals surface area contributed by atoms with E-state index in [0.717, 1.165) is 50.9 Å². The van der Waals surface area contributed by atoms with Crippen LogP contribution in [0.4, 0.5) is 0 Å². The molecule has 1 aromatic carbocycles. The lowest BCUT2D eigenvalue weighted by Gasteiger charge is -2.42. The van der Waals surface area contributed by atoms with Crippen LogP contribution in [0.25, 0.3) is 0 Å². The molecular weight excluding hydrogens is 739 g/mol. The molecule has 3 unspecified atom stereocenters. The predicted octanol–water partition coefficient (Wildman–Crippen LogP) is 14.4. The molecule has 0 fully saturated rings. The summed E-state index contributed by atoms with van der Waals surface area (Å²) in [6, 6.07) is 9.67. The second kappa shape index (κ2) is 29.3. The molecule has 0 bridgehead atoms. The molecule has 57 heavy (non-hydrogen) atoms. The van der Waals surface area contributed by atoms with E-state index in [1.165, 1.54) is 103 Å². The Balaban J connectivity index is 3.16. The first-order valence-corrected chi connectivity index (χ1v) is 29.6. The normalized spacial score (nSPS) is 14.6. The minimum Gasteiger partial charge on any atom is -0.459 e. The number of benzene rings is 1. The van der Waals surface area contributed by atoms with Crippen molar-refractivity contribution in [1.29, 1.82) is 0 Å². The van der Waals surface area contributed by atoms with Gasteiger partial charge in [-0.15, -0.1) is 0 Å². The lowest BCUT2D eigenvalue weighted by molar-refractivity contribution is -0.155. The van der Waals surface area contributed by atoms with Crippen molar-refractivity contribution in [2.45, 2.75) is 251 Å². The van der Waals surface area contributed by atoms with Crippen LogP contribution in [0.1, 0.15) is 196 Å². The van der Waals surface area contributed by atoms with Gasteiger partial charge in [0.2, 0.25) is 0 Å². The van der Waals surface area contributed by atoms with Crippen LogP contribution < -0.4 is 0 Å². The minimum absolute atomic E-state index is 0.144. The molecule has 0 saturated carbocycles. The molecule has 0 aromatic heterocycles. The van der Waals surface area contributed by atoms with Gasteiger partial charge < -0.3 is 18.7 Å². The van der Waals surface area contributed by atoms with E-state index >= 15 is 0 Å². The summed E-state index contributed by atoms with van der Waals surface area (Å²) in [7, 11) is -4.01. The van der Waals surface area contributed by atoms with Gasteiger partial charge in [0.25, 0.3) is 0 Å². The molecular formula is C49H95NO5Si2. The number of nitrogens with zero attached hydrogens (tertiary/aromatic N) is 1. The fourth-order valence-electron chi connectivity index (χ4n) is 7.02. The second-order valence-corrected chi connectivity index (χ2v) is 29.9. The summed E-state index contributed by atoms with van der Waals surface area (Å²) < 4.78 is 20.0. The van der Waals surface area contributed by atoms with Gasteiger partial charge in [0.15, 0.2) is 22.7 Å². The molecule has 1 rings (SSSR count). The molecule has 0 radical (unpaired) electrons. The molecule has 3 atom stereocenters. The molecule has 0 heterocycles. The first kappa shape index (κ1) is 54.0. The lowest BCUT2D eigenvalue weighted by Crippen LogP contribution is -2.50. The minimum atomic E-state index is -2.00. The fraction of sp³-hybridized carbons (Fsp3) is 0.857. The van der Waals surface area contributed by atoms with Crippen molar-refractivity contribution in [2.75, 3.05) is 19.6 Å². The molecule has 6 nitrogen and oxygen atoms in total. The Morgan fingerprint density at radius 2 is 0.982 bits per heavy atom. The van der Waals surface area contributed by atoms with Gasteiger partial charge in [-0.05, 0) is 80.5 Å². The van der Waals surface area contributed by atoms with Crippen LogP contribution in [0.5, 0.6) is 0 Å². The maximum Gasteiger partial charge on any atom is 0.335 e. The summed E-state index contributed by atoms with van der Waals surface area (Å²) in [6.45, 7) is 31.2. The zero-order chi connectivity index (χ0) is 42.8. The number of rotatable bonds is 34. The van der Waals surface area contributed by atoms with Crippen molar-refractivity contribution >= 4 is 22.6 Å². The van der Waals surface area contributed by atoms with Crippen LogP contribution >= 0.6 is 0 Å². The quantitative estimate of drug-likeness (QED) is 0.0424. The number of esters is 1. The van der Waals surface area contributed by atoms with Gasteiger partial charge in [-0.25, -0.2) is 4.79 Å². The Kier molecular flexibility index (Phi) is 27.7. The topological polar surface area (TPSA) is 68.2 Å². The molecule has 0 amide bonds. The smallest absolute Gasteiger partial charge is 0.335 e.